The molecule has 9 heteroatoms. The second-order valence-corrected chi connectivity index (χ2v) is 7.51. The van der Waals surface area contributed by atoms with Crippen LogP contribution < -0.4 is 5.32 Å². The number of likely N-dealkylation sites (N-methyl/N-ethyl adjacent to an activating group) is 1. The molecule has 1 saturated carbocycles. The van der Waals surface area contributed by atoms with Crippen LogP contribution in [0.5, 0.6) is 0 Å². The number of amides is 1. The molecule has 0 spiro atoms. The largest absolute Gasteiger partial charge is 0.477 e. The number of hydrogen-bond acceptors (Lipinski definition) is 5. The third kappa shape index (κ3) is 3.35. The van der Waals surface area contributed by atoms with Gasteiger partial charge in [0.25, 0.3) is 0 Å². The minimum Gasteiger partial charge on any atom is -0.477 e. The summed E-state index contributed by atoms with van der Waals surface area (Å²) in [6.45, 7) is -0.281. The van der Waals surface area contributed by atoms with Gasteiger partial charge in [-0.05, 0) is 18.9 Å². The highest BCUT2D eigenvalue weighted by Gasteiger charge is 2.28. The van der Waals surface area contributed by atoms with E-state index in [0.717, 1.165) is 34.6 Å². The van der Waals surface area contributed by atoms with E-state index in [2.05, 4.69) is 5.32 Å². The van der Waals surface area contributed by atoms with Crippen LogP contribution in [0.4, 0.5) is 0 Å². The Hall–Kier alpha value is -1.45. The Morgan fingerprint density at radius 3 is 2.65 bits per heavy atom. The molecule has 1 amide bonds. The van der Waals surface area contributed by atoms with Crippen LogP contribution in [0.2, 0.25) is 0 Å². The Morgan fingerprint density at radius 2 is 2.15 bits per heavy atom. The van der Waals surface area contributed by atoms with Crippen LogP contribution >= 0.6 is 11.3 Å². The van der Waals surface area contributed by atoms with E-state index in [4.69, 9.17) is 5.11 Å². The second-order valence-electron chi connectivity index (χ2n) is 4.55. The van der Waals surface area contributed by atoms with Gasteiger partial charge in [-0.1, -0.05) is 0 Å². The van der Waals surface area contributed by atoms with E-state index in [0.29, 0.717) is 0 Å². The summed E-state index contributed by atoms with van der Waals surface area (Å²) in [6.07, 6.45) is 1.85. The van der Waals surface area contributed by atoms with Gasteiger partial charge in [-0.2, -0.15) is 4.31 Å². The predicted molar refractivity (Wildman–Crippen MR) is 72.3 cm³/mol. The number of carboxylic acid groups (broad SMARTS) is 1. The second kappa shape index (κ2) is 5.51. The van der Waals surface area contributed by atoms with Gasteiger partial charge in [0.2, 0.25) is 15.9 Å². The Balaban J connectivity index is 2.07. The maximum Gasteiger partial charge on any atom is 0.345 e. The predicted octanol–water partition coefficient (Wildman–Crippen LogP) is 0.345. The van der Waals surface area contributed by atoms with Crippen LogP contribution in [0.25, 0.3) is 0 Å². The fourth-order valence-electron chi connectivity index (χ4n) is 1.53. The molecule has 20 heavy (non-hydrogen) atoms. The van der Waals surface area contributed by atoms with Crippen LogP contribution in [0.1, 0.15) is 22.5 Å². The molecule has 1 heterocycles. The molecular weight excluding hydrogens is 304 g/mol. The fraction of sp³-hybridized carbons (Fsp3) is 0.455. The van der Waals surface area contributed by atoms with E-state index >= 15 is 0 Å². The van der Waals surface area contributed by atoms with Crippen molar-refractivity contribution >= 4 is 33.2 Å². The summed E-state index contributed by atoms with van der Waals surface area (Å²) in [6, 6.07) is 1.26. The fourth-order valence-corrected chi connectivity index (χ4v) is 3.76. The van der Waals surface area contributed by atoms with Crippen molar-refractivity contribution in [3.05, 3.63) is 16.3 Å². The highest BCUT2D eigenvalue weighted by atomic mass is 32.2. The van der Waals surface area contributed by atoms with Crippen molar-refractivity contribution in [1.82, 2.24) is 9.62 Å². The number of hydrogen-bond donors (Lipinski definition) is 2. The summed E-state index contributed by atoms with van der Waals surface area (Å²) in [5.74, 6) is -1.53. The van der Waals surface area contributed by atoms with Gasteiger partial charge in [-0.15, -0.1) is 11.3 Å². The Labute approximate surface area is 120 Å². The lowest BCUT2D eigenvalue weighted by Crippen LogP contribution is -2.39. The SMILES string of the molecule is CN(CC(=O)NC1CC1)S(=O)(=O)c1csc(C(=O)O)c1. The van der Waals surface area contributed by atoms with Gasteiger partial charge in [0, 0.05) is 18.5 Å². The number of rotatable bonds is 6. The minimum atomic E-state index is -3.84. The molecule has 110 valence electrons. The lowest BCUT2D eigenvalue weighted by molar-refractivity contribution is -0.121. The first-order valence-electron chi connectivity index (χ1n) is 5.88. The van der Waals surface area contributed by atoms with E-state index < -0.39 is 16.0 Å². The molecule has 1 fully saturated rings. The molecule has 0 unspecified atom stereocenters. The molecule has 7 nitrogen and oxygen atoms in total. The van der Waals surface area contributed by atoms with Crippen molar-refractivity contribution in [3.8, 4) is 0 Å². The summed E-state index contributed by atoms with van der Waals surface area (Å²) in [4.78, 5) is 22.2. The van der Waals surface area contributed by atoms with Gasteiger partial charge in [-0.3, -0.25) is 4.79 Å². The van der Waals surface area contributed by atoms with Crippen molar-refractivity contribution in [2.24, 2.45) is 0 Å². The molecule has 2 rings (SSSR count). The van der Waals surface area contributed by atoms with E-state index in [-0.39, 0.29) is 28.3 Å². The average Bonchev–Trinajstić information content (AvgIpc) is 3.00. The molecule has 2 N–H and O–H groups in total. The number of carbonyl (C=O) groups is 2. The summed E-state index contributed by atoms with van der Waals surface area (Å²) >= 11 is 0.836. The van der Waals surface area contributed by atoms with Crippen LogP contribution in [0.15, 0.2) is 16.3 Å². The van der Waals surface area contributed by atoms with E-state index in [1.54, 1.807) is 0 Å². The molecule has 0 radical (unpaired) electrons. The first kappa shape index (κ1) is 14.9. The number of carboxylic acids is 1. The highest BCUT2D eigenvalue weighted by molar-refractivity contribution is 7.89. The molecule has 0 aliphatic heterocycles. The number of sulfonamides is 1. The molecule has 0 bridgehead atoms. The van der Waals surface area contributed by atoms with Gasteiger partial charge >= 0.3 is 5.97 Å². The normalized spacial score (nSPS) is 15.3. The lowest BCUT2D eigenvalue weighted by Gasteiger charge is -2.15. The van der Waals surface area contributed by atoms with Crippen LogP contribution in [0.3, 0.4) is 0 Å². The standard InChI is InChI=1S/C11H14N2O5S2/c1-13(5-10(14)12-7-2-3-7)20(17,18)8-4-9(11(15)16)19-6-8/h4,6-7H,2-3,5H2,1H3,(H,12,14)(H,15,16). The number of carbonyl (C=O) groups excluding carboxylic acids is 1. The van der Waals surface area contributed by atoms with Gasteiger partial charge in [0.1, 0.15) is 4.88 Å². The van der Waals surface area contributed by atoms with Gasteiger partial charge in [0.15, 0.2) is 0 Å². The van der Waals surface area contributed by atoms with Crippen molar-refractivity contribution in [2.75, 3.05) is 13.6 Å². The van der Waals surface area contributed by atoms with E-state index in [9.17, 15) is 18.0 Å². The van der Waals surface area contributed by atoms with Crippen LogP contribution in [-0.4, -0.2) is 49.3 Å². The minimum absolute atomic E-state index is 0.0561. The number of nitrogens with zero attached hydrogens (tertiary/aromatic N) is 1. The van der Waals surface area contributed by atoms with E-state index in [1.807, 2.05) is 0 Å². The smallest absolute Gasteiger partial charge is 0.345 e. The zero-order valence-electron chi connectivity index (χ0n) is 10.7. The van der Waals surface area contributed by atoms with Gasteiger partial charge in [-0.25, -0.2) is 13.2 Å². The van der Waals surface area contributed by atoms with Gasteiger partial charge < -0.3 is 10.4 Å². The third-order valence-electron chi connectivity index (χ3n) is 2.80. The quantitative estimate of drug-likeness (QED) is 0.787. The summed E-state index contributed by atoms with van der Waals surface area (Å²) < 4.78 is 25.2. The van der Waals surface area contributed by atoms with E-state index in [1.165, 1.54) is 12.4 Å². The number of aromatic carboxylic acids is 1. The first-order valence-corrected chi connectivity index (χ1v) is 8.20. The average molecular weight is 318 g/mol. The highest BCUT2D eigenvalue weighted by Crippen LogP contribution is 2.22. The molecule has 1 aliphatic rings. The molecule has 0 aromatic carbocycles. The molecule has 0 atom stereocenters. The summed E-state index contributed by atoms with van der Waals surface area (Å²) in [7, 11) is -2.55. The van der Waals surface area contributed by atoms with Crippen molar-refractivity contribution < 1.29 is 23.1 Å². The summed E-state index contributed by atoms with van der Waals surface area (Å²) in [5.41, 5.74) is 0. The van der Waals surface area contributed by atoms with Gasteiger partial charge in [0.05, 0.1) is 11.4 Å². The molecular formula is C11H14N2O5S2. The molecule has 1 aliphatic carbocycles. The zero-order valence-corrected chi connectivity index (χ0v) is 12.3. The Kier molecular flexibility index (Phi) is 4.11. The number of nitrogens with one attached hydrogen (secondary N) is 1. The zero-order chi connectivity index (χ0) is 14.9. The topological polar surface area (TPSA) is 104 Å². The van der Waals surface area contributed by atoms with Crippen molar-refractivity contribution in [1.29, 1.82) is 0 Å². The lowest BCUT2D eigenvalue weighted by atomic mass is 10.5. The maximum atomic E-state index is 12.2. The molecule has 0 saturated heterocycles. The maximum absolute atomic E-state index is 12.2. The van der Waals surface area contributed by atoms with Crippen LogP contribution in [0, 0.1) is 0 Å². The molecule has 1 aromatic heterocycles. The monoisotopic (exact) mass is 318 g/mol. The Morgan fingerprint density at radius 1 is 1.50 bits per heavy atom. The molecule has 1 aromatic rings. The third-order valence-corrected chi connectivity index (χ3v) is 5.65. The first-order chi connectivity index (χ1) is 9.30. The number of thiophene rings is 1. The van der Waals surface area contributed by atoms with Crippen molar-refractivity contribution in [2.45, 2.75) is 23.8 Å². The van der Waals surface area contributed by atoms with Crippen molar-refractivity contribution in [3.63, 3.8) is 0 Å². The Bertz CT molecular complexity index is 633. The summed E-state index contributed by atoms with van der Waals surface area (Å²) in [5, 5.41) is 12.7. The van der Waals surface area contributed by atoms with Crippen LogP contribution in [-0.2, 0) is 14.8 Å².